The summed E-state index contributed by atoms with van der Waals surface area (Å²) < 4.78 is 11.1. The molecule has 1 atom stereocenters. The van der Waals surface area contributed by atoms with E-state index in [1.54, 1.807) is 24.3 Å². The fraction of sp³-hybridized carbons (Fsp3) is 0.217. The Morgan fingerprint density at radius 2 is 1.87 bits per heavy atom. The molecule has 8 heteroatoms. The van der Waals surface area contributed by atoms with E-state index in [1.807, 2.05) is 24.3 Å². The van der Waals surface area contributed by atoms with Crippen LogP contribution >= 0.6 is 0 Å². The van der Waals surface area contributed by atoms with Crippen LogP contribution in [0.15, 0.2) is 70.2 Å². The van der Waals surface area contributed by atoms with Gasteiger partial charge in [-0.05, 0) is 54.3 Å². The number of ether oxygens (including phenoxy) is 1. The molecule has 1 heterocycles. The van der Waals surface area contributed by atoms with E-state index >= 15 is 0 Å². The van der Waals surface area contributed by atoms with Crippen LogP contribution in [0.5, 0.6) is 5.75 Å². The maximum atomic E-state index is 11.9. The van der Waals surface area contributed by atoms with E-state index in [-0.39, 0.29) is 12.3 Å². The molecule has 0 spiro atoms. The Morgan fingerprint density at radius 3 is 2.52 bits per heavy atom. The highest BCUT2D eigenvalue weighted by Gasteiger charge is 2.08. The molecule has 1 unspecified atom stereocenters. The molecule has 31 heavy (non-hydrogen) atoms. The molecule has 0 aliphatic heterocycles. The van der Waals surface area contributed by atoms with Crippen LogP contribution in [0.2, 0.25) is 0 Å². The van der Waals surface area contributed by atoms with Crippen LogP contribution in [-0.4, -0.2) is 23.7 Å². The number of nitrogens with zero attached hydrogens (tertiary/aromatic N) is 2. The van der Waals surface area contributed by atoms with Gasteiger partial charge in [0.15, 0.2) is 6.61 Å². The van der Waals surface area contributed by atoms with Crippen molar-refractivity contribution < 1.29 is 18.9 Å². The summed E-state index contributed by atoms with van der Waals surface area (Å²) in [5, 5.41) is 14.6. The average molecular weight is 421 g/mol. The molecule has 0 radical (unpaired) electrons. The summed E-state index contributed by atoms with van der Waals surface area (Å²) in [6, 6.07) is 17.1. The maximum Gasteiger partial charge on any atom is 0.277 e. The van der Waals surface area contributed by atoms with Crippen molar-refractivity contribution in [1.82, 2.24) is 5.43 Å². The van der Waals surface area contributed by atoms with Gasteiger partial charge in [-0.3, -0.25) is 14.9 Å². The summed E-state index contributed by atoms with van der Waals surface area (Å²) in [4.78, 5) is 22.2. The Balaban J connectivity index is 1.48. The zero-order valence-corrected chi connectivity index (χ0v) is 17.3. The predicted octanol–water partition coefficient (Wildman–Crippen LogP) is 4.90. The number of carbonyl (C=O) groups is 1. The number of carbonyl (C=O) groups excluding carboxylic acids is 1. The van der Waals surface area contributed by atoms with Gasteiger partial charge in [0, 0.05) is 17.7 Å². The normalized spacial score (nSPS) is 11.9. The van der Waals surface area contributed by atoms with E-state index in [9.17, 15) is 14.9 Å². The van der Waals surface area contributed by atoms with Gasteiger partial charge in [-0.15, -0.1) is 0 Å². The first-order valence-corrected chi connectivity index (χ1v) is 9.85. The summed E-state index contributed by atoms with van der Waals surface area (Å²) in [7, 11) is 0. The van der Waals surface area contributed by atoms with Crippen LogP contribution in [0, 0.1) is 10.1 Å². The Labute approximate surface area is 179 Å². The first-order chi connectivity index (χ1) is 15.0. The molecular formula is C23H23N3O5. The number of hydrazone groups is 1. The Bertz CT molecular complexity index is 1060. The van der Waals surface area contributed by atoms with Crippen LogP contribution in [0.3, 0.4) is 0 Å². The molecule has 0 saturated carbocycles. The standard InChI is InChI=1S/C23H23N3O5/c1-3-16(2)17-6-10-20(11-7-17)30-15-23(27)25-24-14-21-12-13-22(31-21)18-4-8-19(9-5-18)26(28)29/h4-14,16H,3,15H2,1-2H3,(H,25,27). The van der Waals surface area contributed by atoms with E-state index in [1.165, 1.54) is 23.9 Å². The second-order valence-electron chi connectivity index (χ2n) is 6.97. The number of nitrogens with one attached hydrogen (secondary N) is 1. The number of amides is 1. The van der Waals surface area contributed by atoms with E-state index in [0.29, 0.717) is 28.8 Å². The van der Waals surface area contributed by atoms with Crippen molar-refractivity contribution in [3.63, 3.8) is 0 Å². The molecule has 0 saturated heterocycles. The molecule has 160 valence electrons. The molecule has 1 aromatic heterocycles. The van der Waals surface area contributed by atoms with Crippen molar-refractivity contribution >= 4 is 17.8 Å². The monoisotopic (exact) mass is 421 g/mol. The second kappa shape index (κ2) is 10.2. The largest absolute Gasteiger partial charge is 0.484 e. The minimum Gasteiger partial charge on any atom is -0.484 e. The van der Waals surface area contributed by atoms with Gasteiger partial charge in [-0.2, -0.15) is 5.10 Å². The van der Waals surface area contributed by atoms with Crippen LogP contribution in [0.4, 0.5) is 5.69 Å². The topological polar surface area (TPSA) is 107 Å². The Hall–Kier alpha value is -3.94. The number of hydrogen-bond donors (Lipinski definition) is 1. The zero-order valence-electron chi connectivity index (χ0n) is 17.3. The smallest absolute Gasteiger partial charge is 0.277 e. The van der Waals surface area contributed by atoms with Crippen LogP contribution in [0.1, 0.15) is 37.5 Å². The summed E-state index contributed by atoms with van der Waals surface area (Å²) in [6.07, 6.45) is 2.43. The summed E-state index contributed by atoms with van der Waals surface area (Å²) in [5.41, 5.74) is 4.32. The van der Waals surface area contributed by atoms with Crippen LogP contribution in [-0.2, 0) is 4.79 Å². The summed E-state index contributed by atoms with van der Waals surface area (Å²) >= 11 is 0. The number of hydrogen-bond acceptors (Lipinski definition) is 6. The molecule has 3 aromatic rings. The molecule has 0 fully saturated rings. The molecule has 0 aliphatic carbocycles. The number of benzene rings is 2. The molecule has 2 aromatic carbocycles. The quantitative estimate of drug-likeness (QED) is 0.300. The Kier molecular flexibility index (Phi) is 7.16. The lowest BCUT2D eigenvalue weighted by atomic mass is 9.99. The third kappa shape index (κ3) is 6.02. The third-order valence-corrected chi connectivity index (χ3v) is 4.80. The van der Waals surface area contributed by atoms with Gasteiger partial charge in [0.2, 0.25) is 0 Å². The van der Waals surface area contributed by atoms with E-state index in [0.717, 1.165) is 6.42 Å². The first-order valence-electron chi connectivity index (χ1n) is 9.85. The fourth-order valence-corrected chi connectivity index (χ4v) is 2.80. The van der Waals surface area contributed by atoms with Crippen LogP contribution < -0.4 is 10.2 Å². The van der Waals surface area contributed by atoms with Crippen molar-refractivity contribution in [2.45, 2.75) is 26.2 Å². The molecule has 0 bridgehead atoms. The van der Waals surface area contributed by atoms with Gasteiger partial charge in [-0.1, -0.05) is 26.0 Å². The lowest BCUT2D eigenvalue weighted by Gasteiger charge is -2.10. The van der Waals surface area contributed by atoms with Gasteiger partial charge >= 0.3 is 0 Å². The summed E-state index contributed by atoms with van der Waals surface area (Å²) in [6.45, 7) is 4.14. The lowest BCUT2D eigenvalue weighted by molar-refractivity contribution is -0.384. The summed E-state index contributed by atoms with van der Waals surface area (Å²) in [5.74, 6) is 1.66. The lowest BCUT2D eigenvalue weighted by Crippen LogP contribution is -2.24. The highest BCUT2D eigenvalue weighted by Crippen LogP contribution is 2.24. The van der Waals surface area contributed by atoms with Crippen LogP contribution in [0.25, 0.3) is 11.3 Å². The maximum absolute atomic E-state index is 11.9. The highest BCUT2D eigenvalue weighted by molar-refractivity contribution is 5.81. The van der Waals surface area contributed by atoms with Gasteiger partial charge in [0.25, 0.3) is 11.6 Å². The predicted molar refractivity (Wildman–Crippen MR) is 117 cm³/mol. The molecule has 1 N–H and O–H groups in total. The van der Waals surface area contributed by atoms with Crippen molar-refractivity contribution in [3.05, 3.63) is 82.1 Å². The van der Waals surface area contributed by atoms with Crippen molar-refractivity contribution in [3.8, 4) is 17.1 Å². The highest BCUT2D eigenvalue weighted by atomic mass is 16.6. The van der Waals surface area contributed by atoms with Gasteiger partial charge in [0.05, 0.1) is 11.1 Å². The minimum absolute atomic E-state index is 0.00786. The number of rotatable bonds is 9. The number of nitro groups is 1. The van der Waals surface area contributed by atoms with Gasteiger partial charge < -0.3 is 9.15 Å². The Morgan fingerprint density at radius 1 is 1.16 bits per heavy atom. The van der Waals surface area contributed by atoms with Gasteiger partial charge in [0.1, 0.15) is 17.3 Å². The number of nitro benzene ring substituents is 1. The van der Waals surface area contributed by atoms with Crippen molar-refractivity contribution in [2.24, 2.45) is 5.10 Å². The molecule has 1 amide bonds. The molecule has 3 rings (SSSR count). The number of non-ortho nitro benzene ring substituents is 1. The number of furan rings is 1. The average Bonchev–Trinajstić information content (AvgIpc) is 3.26. The van der Waals surface area contributed by atoms with Crippen molar-refractivity contribution in [1.29, 1.82) is 0 Å². The molecular weight excluding hydrogens is 398 g/mol. The molecule has 0 aliphatic rings. The molecule has 8 nitrogen and oxygen atoms in total. The van der Waals surface area contributed by atoms with Gasteiger partial charge in [-0.25, -0.2) is 5.43 Å². The third-order valence-electron chi connectivity index (χ3n) is 4.80. The minimum atomic E-state index is -0.460. The first kappa shape index (κ1) is 21.8. The zero-order chi connectivity index (χ0) is 22.2. The van der Waals surface area contributed by atoms with E-state index in [4.69, 9.17) is 9.15 Å². The SMILES string of the molecule is CCC(C)c1ccc(OCC(=O)NN=Cc2ccc(-c3ccc([N+](=O)[O-])cc3)o2)cc1. The fourth-order valence-electron chi connectivity index (χ4n) is 2.80. The second-order valence-corrected chi connectivity index (χ2v) is 6.97. The van der Waals surface area contributed by atoms with Crippen molar-refractivity contribution in [2.75, 3.05) is 6.61 Å². The van der Waals surface area contributed by atoms with E-state index in [2.05, 4.69) is 24.4 Å². The van der Waals surface area contributed by atoms with E-state index < -0.39 is 10.8 Å².